The van der Waals surface area contributed by atoms with E-state index < -0.39 is 6.04 Å². The molecule has 1 atom stereocenters. The third-order valence-electron chi connectivity index (χ3n) is 6.04. The standard InChI is InChI=1S/C29H55N3O4/c1-27(2,3)23(33)16-12-10-14-20-30-25(35)19-18-22(32-29(7,8)9)26(36)31-21-15-11-13-17-24(34)28(4,5)6/h22,32H,10-21H2,1-9H3,(H,30,35)(H,31,36). The smallest absolute Gasteiger partial charge is 0.237 e. The number of nitrogens with one attached hydrogen (secondary N) is 3. The molecule has 1 unspecified atom stereocenters. The third-order valence-corrected chi connectivity index (χ3v) is 6.04. The lowest BCUT2D eigenvalue weighted by Crippen LogP contribution is -2.52. The molecule has 0 aliphatic heterocycles. The van der Waals surface area contributed by atoms with Gasteiger partial charge in [0, 0.05) is 48.7 Å². The molecule has 7 heteroatoms. The van der Waals surface area contributed by atoms with Crippen molar-refractivity contribution in [3.8, 4) is 0 Å². The SMILES string of the molecule is CC(C)(C)NC(CCC(=O)NCCCCCC(=O)C(C)(C)C)C(=O)NCCCCCC(=O)C(C)(C)C. The molecular formula is C29H55N3O4. The van der Waals surface area contributed by atoms with Crippen LogP contribution in [0.2, 0.25) is 0 Å². The Hall–Kier alpha value is -1.76. The van der Waals surface area contributed by atoms with E-state index in [1.165, 1.54) is 0 Å². The van der Waals surface area contributed by atoms with Gasteiger partial charge < -0.3 is 16.0 Å². The second-order valence-corrected chi connectivity index (χ2v) is 13.1. The molecule has 0 aliphatic rings. The van der Waals surface area contributed by atoms with Gasteiger partial charge in [0.15, 0.2) is 0 Å². The summed E-state index contributed by atoms with van der Waals surface area (Å²) in [5.74, 6) is 0.400. The van der Waals surface area contributed by atoms with Crippen molar-refractivity contribution in [1.29, 1.82) is 0 Å². The molecule has 0 aromatic heterocycles. The zero-order valence-electron chi connectivity index (χ0n) is 24.7. The zero-order valence-corrected chi connectivity index (χ0v) is 24.7. The van der Waals surface area contributed by atoms with Gasteiger partial charge in [0.2, 0.25) is 11.8 Å². The summed E-state index contributed by atoms with van der Waals surface area (Å²) in [6, 6.07) is -0.443. The fraction of sp³-hybridized carbons (Fsp3) is 0.862. The van der Waals surface area contributed by atoms with Gasteiger partial charge in [0.25, 0.3) is 0 Å². The molecule has 0 rings (SSSR count). The number of carbonyl (C=O) groups is 4. The number of amides is 2. The summed E-state index contributed by atoms with van der Waals surface area (Å²) in [6.45, 7) is 18.8. The number of Topliss-reactive ketones (excluding diaryl/α,β-unsaturated/α-hetero) is 2. The quantitative estimate of drug-likeness (QED) is 0.236. The van der Waals surface area contributed by atoms with Crippen LogP contribution in [0.4, 0.5) is 0 Å². The molecule has 0 fully saturated rings. The van der Waals surface area contributed by atoms with Crippen molar-refractivity contribution in [1.82, 2.24) is 16.0 Å². The molecule has 0 spiro atoms. The third kappa shape index (κ3) is 17.6. The largest absolute Gasteiger partial charge is 0.356 e. The Morgan fingerprint density at radius 1 is 0.583 bits per heavy atom. The van der Waals surface area contributed by atoms with Gasteiger partial charge in [-0.1, -0.05) is 54.4 Å². The van der Waals surface area contributed by atoms with Crippen molar-refractivity contribution in [2.75, 3.05) is 13.1 Å². The first-order chi connectivity index (χ1) is 16.4. The number of hydrogen-bond donors (Lipinski definition) is 3. The molecule has 210 valence electrons. The predicted molar refractivity (Wildman–Crippen MR) is 148 cm³/mol. The van der Waals surface area contributed by atoms with E-state index in [9.17, 15) is 19.2 Å². The molecule has 0 radical (unpaired) electrons. The number of rotatable bonds is 17. The van der Waals surface area contributed by atoms with E-state index in [1.807, 2.05) is 62.3 Å². The van der Waals surface area contributed by atoms with Crippen LogP contribution in [0.3, 0.4) is 0 Å². The summed E-state index contributed by atoms with van der Waals surface area (Å²) in [6.07, 6.45) is 7.02. The number of ketones is 2. The molecule has 0 aromatic rings. The molecule has 0 bridgehead atoms. The van der Waals surface area contributed by atoms with Crippen LogP contribution in [-0.2, 0) is 19.2 Å². The first kappa shape index (κ1) is 34.2. The van der Waals surface area contributed by atoms with Gasteiger partial charge in [-0.3, -0.25) is 19.2 Å². The summed E-state index contributed by atoms with van der Waals surface area (Å²) in [7, 11) is 0. The molecule has 7 nitrogen and oxygen atoms in total. The van der Waals surface area contributed by atoms with Gasteiger partial charge in [-0.15, -0.1) is 0 Å². The Kier molecular flexibility index (Phi) is 15.4. The van der Waals surface area contributed by atoms with Crippen LogP contribution in [0.25, 0.3) is 0 Å². The Morgan fingerprint density at radius 3 is 1.44 bits per heavy atom. The fourth-order valence-electron chi connectivity index (χ4n) is 3.64. The van der Waals surface area contributed by atoms with Crippen LogP contribution in [0.1, 0.15) is 127 Å². The molecular weight excluding hydrogens is 454 g/mol. The van der Waals surface area contributed by atoms with E-state index in [4.69, 9.17) is 0 Å². The highest BCUT2D eigenvalue weighted by Crippen LogP contribution is 2.19. The van der Waals surface area contributed by atoms with E-state index >= 15 is 0 Å². The predicted octanol–water partition coefficient (Wildman–Crippen LogP) is 5.11. The van der Waals surface area contributed by atoms with Crippen molar-refractivity contribution < 1.29 is 19.2 Å². The van der Waals surface area contributed by atoms with Gasteiger partial charge >= 0.3 is 0 Å². The van der Waals surface area contributed by atoms with Crippen LogP contribution in [-0.4, -0.2) is 48.1 Å². The minimum atomic E-state index is -0.443. The minimum absolute atomic E-state index is 0.0576. The van der Waals surface area contributed by atoms with Crippen molar-refractivity contribution in [3.63, 3.8) is 0 Å². The highest BCUT2D eigenvalue weighted by atomic mass is 16.2. The Bertz CT molecular complexity index is 697. The molecule has 0 saturated heterocycles. The maximum absolute atomic E-state index is 12.8. The van der Waals surface area contributed by atoms with Crippen molar-refractivity contribution in [3.05, 3.63) is 0 Å². The van der Waals surface area contributed by atoms with Crippen molar-refractivity contribution >= 4 is 23.4 Å². The number of carbonyl (C=O) groups excluding carboxylic acids is 4. The van der Waals surface area contributed by atoms with E-state index in [-0.39, 0.29) is 46.2 Å². The molecule has 0 heterocycles. The summed E-state index contributed by atoms with van der Waals surface area (Å²) in [5.41, 5.74) is -0.834. The molecule has 36 heavy (non-hydrogen) atoms. The van der Waals surface area contributed by atoms with Crippen LogP contribution < -0.4 is 16.0 Å². The highest BCUT2D eigenvalue weighted by Gasteiger charge is 2.24. The molecule has 0 aromatic carbocycles. The van der Waals surface area contributed by atoms with Gasteiger partial charge in [-0.25, -0.2) is 0 Å². The normalized spacial score (nSPS) is 13.2. The Balaban J connectivity index is 4.29. The lowest BCUT2D eigenvalue weighted by molar-refractivity contribution is -0.127. The molecule has 2 amide bonds. The first-order valence-corrected chi connectivity index (χ1v) is 13.8. The van der Waals surface area contributed by atoms with Gasteiger partial charge in [-0.05, 0) is 52.9 Å². The van der Waals surface area contributed by atoms with Crippen molar-refractivity contribution in [2.45, 2.75) is 138 Å². The van der Waals surface area contributed by atoms with E-state index in [0.29, 0.717) is 32.4 Å². The molecule has 0 saturated carbocycles. The van der Waals surface area contributed by atoms with Gasteiger partial charge in [-0.2, -0.15) is 0 Å². The average Bonchev–Trinajstić information content (AvgIpc) is 2.73. The van der Waals surface area contributed by atoms with E-state index in [2.05, 4.69) is 16.0 Å². The second-order valence-electron chi connectivity index (χ2n) is 13.1. The first-order valence-electron chi connectivity index (χ1n) is 13.8. The average molecular weight is 510 g/mol. The maximum Gasteiger partial charge on any atom is 0.237 e. The van der Waals surface area contributed by atoms with Gasteiger partial charge in [0.1, 0.15) is 11.6 Å². The highest BCUT2D eigenvalue weighted by molar-refractivity contribution is 5.84. The lowest BCUT2D eigenvalue weighted by atomic mass is 9.88. The van der Waals surface area contributed by atoms with Crippen LogP contribution in [0.15, 0.2) is 0 Å². The molecule has 0 aliphatic carbocycles. The summed E-state index contributed by atoms with van der Waals surface area (Å²) in [4.78, 5) is 49.0. The maximum atomic E-state index is 12.8. The molecule has 3 N–H and O–H groups in total. The monoisotopic (exact) mass is 509 g/mol. The van der Waals surface area contributed by atoms with E-state index in [1.54, 1.807) is 0 Å². The summed E-state index contributed by atoms with van der Waals surface area (Å²) >= 11 is 0. The minimum Gasteiger partial charge on any atom is -0.356 e. The van der Waals surface area contributed by atoms with Crippen LogP contribution >= 0.6 is 0 Å². The fourth-order valence-corrected chi connectivity index (χ4v) is 3.64. The topological polar surface area (TPSA) is 104 Å². The summed E-state index contributed by atoms with van der Waals surface area (Å²) in [5, 5.41) is 9.25. The Morgan fingerprint density at radius 2 is 1.03 bits per heavy atom. The van der Waals surface area contributed by atoms with Gasteiger partial charge in [0.05, 0.1) is 6.04 Å². The van der Waals surface area contributed by atoms with Crippen LogP contribution in [0.5, 0.6) is 0 Å². The van der Waals surface area contributed by atoms with Crippen molar-refractivity contribution in [2.24, 2.45) is 10.8 Å². The van der Waals surface area contributed by atoms with E-state index in [0.717, 1.165) is 38.5 Å². The zero-order chi connectivity index (χ0) is 28.0. The summed E-state index contributed by atoms with van der Waals surface area (Å²) < 4.78 is 0. The second kappa shape index (κ2) is 16.2. The number of hydrogen-bond acceptors (Lipinski definition) is 5. The number of unbranched alkanes of at least 4 members (excludes halogenated alkanes) is 4. The van der Waals surface area contributed by atoms with Crippen LogP contribution in [0, 0.1) is 10.8 Å². The lowest BCUT2D eigenvalue weighted by Gasteiger charge is -2.28. The Labute approximate surface area is 220 Å².